The molecule has 0 spiro atoms. The van der Waals surface area contributed by atoms with Crippen LogP contribution in [-0.4, -0.2) is 22.5 Å². The van der Waals surface area contributed by atoms with Crippen LogP contribution in [0.5, 0.6) is 0 Å². The SMILES string of the molecule is c1ccc(CCC2CCCN2Cc2coc(-c3cccs3)n2)cc1. The van der Waals surface area contributed by atoms with Gasteiger partial charge in [0.05, 0.1) is 10.6 Å². The van der Waals surface area contributed by atoms with Gasteiger partial charge in [-0.15, -0.1) is 11.3 Å². The molecule has 3 nitrogen and oxygen atoms in total. The molecule has 0 saturated carbocycles. The highest BCUT2D eigenvalue weighted by molar-refractivity contribution is 7.13. The van der Waals surface area contributed by atoms with Gasteiger partial charge in [0, 0.05) is 12.6 Å². The Hall–Kier alpha value is -1.91. The maximum atomic E-state index is 5.66. The van der Waals surface area contributed by atoms with Crippen LogP contribution in [-0.2, 0) is 13.0 Å². The van der Waals surface area contributed by atoms with Crippen LogP contribution in [0.3, 0.4) is 0 Å². The fraction of sp³-hybridized carbons (Fsp3) is 0.350. The number of aryl methyl sites for hydroxylation is 1. The van der Waals surface area contributed by atoms with Crippen molar-refractivity contribution in [2.24, 2.45) is 0 Å². The molecule has 3 heterocycles. The van der Waals surface area contributed by atoms with E-state index in [2.05, 4.69) is 51.7 Å². The summed E-state index contributed by atoms with van der Waals surface area (Å²) >= 11 is 1.67. The lowest BCUT2D eigenvalue weighted by Crippen LogP contribution is -2.29. The van der Waals surface area contributed by atoms with Crippen LogP contribution in [0.25, 0.3) is 10.8 Å². The summed E-state index contributed by atoms with van der Waals surface area (Å²) in [6, 6.07) is 15.5. The molecule has 1 fully saturated rings. The predicted octanol–water partition coefficient (Wildman–Crippen LogP) is 5.00. The van der Waals surface area contributed by atoms with Crippen molar-refractivity contribution in [1.29, 1.82) is 0 Å². The van der Waals surface area contributed by atoms with Crippen molar-refractivity contribution >= 4 is 11.3 Å². The van der Waals surface area contributed by atoms with E-state index in [9.17, 15) is 0 Å². The highest BCUT2D eigenvalue weighted by atomic mass is 32.1. The van der Waals surface area contributed by atoms with Crippen molar-refractivity contribution in [3.05, 3.63) is 65.4 Å². The maximum Gasteiger partial charge on any atom is 0.236 e. The first-order valence-corrected chi connectivity index (χ1v) is 9.53. The Morgan fingerprint density at radius 2 is 2.08 bits per heavy atom. The molecule has 1 aromatic carbocycles. The van der Waals surface area contributed by atoms with Crippen LogP contribution in [0.15, 0.2) is 58.5 Å². The van der Waals surface area contributed by atoms with Gasteiger partial charge in [0.25, 0.3) is 0 Å². The second kappa shape index (κ2) is 7.32. The summed E-state index contributed by atoms with van der Waals surface area (Å²) in [6.45, 7) is 2.06. The fourth-order valence-electron chi connectivity index (χ4n) is 3.51. The molecule has 2 aromatic heterocycles. The zero-order chi connectivity index (χ0) is 16.2. The minimum absolute atomic E-state index is 0.659. The van der Waals surface area contributed by atoms with Crippen LogP contribution in [0.2, 0.25) is 0 Å². The molecule has 124 valence electrons. The molecule has 1 atom stereocenters. The van der Waals surface area contributed by atoms with Crippen molar-refractivity contribution in [1.82, 2.24) is 9.88 Å². The molecule has 3 aromatic rings. The van der Waals surface area contributed by atoms with Crippen molar-refractivity contribution in [3.63, 3.8) is 0 Å². The average molecular weight is 338 g/mol. The molecule has 0 amide bonds. The summed E-state index contributed by atoms with van der Waals surface area (Å²) in [7, 11) is 0. The Morgan fingerprint density at radius 1 is 1.17 bits per heavy atom. The minimum Gasteiger partial charge on any atom is -0.444 e. The summed E-state index contributed by atoms with van der Waals surface area (Å²) in [5, 5.41) is 2.05. The van der Waals surface area contributed by atoms with E-state index in [1.165, 1.54) is 31.4 Å². The van der Waals surface area contributed by atoms with Gasteiger partial charge in [0.2, 0.25) is 5.89 Å². The molecule has 1 unspecified atom stereocenters. The van der Waals surface area contributed by atoms with Crippen molar-refractivity contribution < 1.29 is 4.42 Å². The minimum atomic E-state index is 0.659. The molecular weight excluding hydrogens is 316 g/mol. The van der Waals surface area contributed by atoms with Gasteiger partial charge in [0.15, 0.2) is 0 Å². The van der Waals surface area contributed by atoms with E-state index in [1.54, 1.807) is 11.3 Å². The lowest BCUT2D eigenvalue weighted by atomic mass is 10.0. The first-order chi connectivity index (χ1) is 11.9. The molecule has 0 bridgehead atoms. The predicted molar refractivity (Wildman–Crippen MR) is 98.0 cm³/mol. The summed E-state index contributed by atoms with van der Waals surface area (Å²) < 4.78 is 5.66. The van der Waals surface area contributed by atoms with Gasteiger partial charge in [0.1, 0.15) is 6.26 Å². The van der Waals surface area contributed by atoms with Gasteiger partial charge >= 0.3 is 0 Å². The Kier molecular flexibility index (Phi) is 4.76. The summed E-state index contributed by atoms with van der Waals surface area (Å²) in [5.41, 5.74) is 2.48. The third kappa shape index (κ3) is 3.60. The number of hydrogen-bond acceptors (Lipinski definition) is 4. The largest absolute Gasteiger partial charge is 0.444 e. The van der Waals surface area contributed by atoms with E-state index in [0.29, 0.717) is 6.04 Å². The standard InChI is InChI=1S/C20H22N2OS/c1-2-6-16(7-3-1)10-11-18-8-4-12-22(18)14-17-15-23-20(21-17)19-9-5-13-24-19/h1-3,5-7,9,13,15,18H,4,8,10-12,14H2. The number of hydrogen-bond donors (Lipinski definition) is 0. The van der Waals surface area contributed by atoms with E-state index >= 15 is 0 Å². The van der Waals surface area contributed by atoms with Crippen LogP contribution >= 0.6 is 11.3 Å². The third-order valence-corrected chi connectivity index (χ3v) is 5.61. The molecule has 0 radical (unpaired) electrons. The molecule has 4 rings (SSSR count). The summed E-state index contributed by atoms with van der Waals surface area (Å²) in [4.78, 5) is 8.34. The molecule has 4 heteroatoms. The van der Waals surface area contributed by atoms with Crippen molar-refractivity contribution in [2.75, 3.05) is 6.54 Å². The van der Waals surface area contributed by atoms with E-state index in [0.717, 1.165) is 29.4 Å². The number of aromatic nitrogens is 1. The first kappa shape index (κ1) is 15.6. The van der Waals surface area contributed by atoms with Gasteiger partial charge in [-0.05, 0) is 49.2 Å². The van der Waals surface area contributed by atoms with Gasteiger partial charge in [-0.1, -0.05) is 36.4 Å². The fourth-order valence-corrected chi connectivity index (χ4v) is 4.16. The van der Waals surface area contributed by atoms with Crippen LogP contribution < -0.4 is 0 Å². The van der Waals surface area contributed by atoms with Crippen molar-refractivity contribution in [2.45, 2.75) is 38.3 Å². The Morgan fingerprint density at radius 3 is 2.92 bits per heavy atom. The lowest BCUT2D eigenvalue weighted by molar-refractivity contribution is 0.232. The number of nitrogens with zero attached hydrogens (tertiary/aromatic N) is 2. The molecule has 24 heavy (non-hydrogen) atoms. The van der Waals surface area contributed by atoms with E-state index < -0.39 is 0 Å². The number of thiophene rings is 1. The molecule has 0 N–H and O–H groups in total. The number of rotatable bonds is 6. The molecule has 0 aliphatic carbocycles. The van der Waals surface area contributed by atoms with Crippen LogP contribution in [0.1, 0.15) is 30.5 Å². The van der Waals surface area contributed by atoms with Crippen molar-refractivity contribution in [3.8, 4) is 10.8 Å². The third-order valence-electron chi connectivity index (χ3n) is 4.76. The van der Waals surface area contributed by atoms with E-state index in [4.69, 9.17) is 4.42 Å². The number of likely N-dealkylation sites (tertiary alicyclic amines) is 1. The highest BCUT2D eigenvalue weighted by Gasteiger charge is 2.25. The molecule has 1 aliphatic rings. The lowest BCUT2D eigenvalue weighted by Gasteiger charge is -2.23. The molecular formula is C20H22N2OS. The second-order valence-corrected chi connectivity index (χ2v) is 7.36. The Bertz CT molecular complexity index is 751. The normalized spacial score (nSPS) is 18.2. The summed E-state index contributed by atoms with van der Waals surface area (Å²) in [6.07, 6.45) is 6.78. The van der Waals surface area contributed by atoms with Gasteiger partial charge in [-0.25, -0.2) is 4.98 Å². The Labute approximate surface area is 147 Å². The average Bonchev–Trinajstić information content (AvgIpc) is 3.36. The summed E-state index contributed by atoms with van der Waals surface area (Å²) in [5.74, 6) is 0.750. The zero-order valence-corrected chi connectivity index (χ0v) is 14.5. The van der Waals surface area contributed by atoms with Gasteiger partial charge in [-0.2, -0.15) is 0 Å². The van der Waals surface area contributed by atoms with E-state index in [1.807, 2.05) is 12.3 Å². The van der Waals surface area contributed by atoms with Gasteiger partial charge < -0.3 is 4.42 Å². The highest BCUT2D eigenvalue weighted by Crippen LogP contribution is 2.27. The van der Waals surface area contributed by atoms with Gasteiger partial charge in [-0.3, -0.25) is 4.90 Å². The molecule has 1 saturated heterocycles. The second-order valence-electron chi connectivity index (χ2n) is 6.41. The topological polar surface area (TPSA) is 29.3 Å². The van der Waals surface area contributed by atoms with E-state index in [-0.39, 0.29) is 0 Å². The van der Waals surface area contributed by atoms with Crippen LogP contribution in [0.4, 0.5) is 0 Å². The zero-order valence-electron chi connectivity index (χ0n) is 13.7. The van der Waals surface area contributed by atoms with Crippen LogP contribution in [0, 0.1) is 0 Å². The number of benzene rings is 1. The first-order valence-electron chi connectivity index (χ1n) is 8.65. The molecule has 1 aliphatic heterocycles. The maximum absolute atomic E-state index is 5.66. The monoisotopic (exact) mass is 338 g/mol. The number of oxazole rings is 1. The smallest absolute Gasteiger partial charge is 0.236 e. The Balaban J connectivity index is 1.37. The quantitative estimate of drug-likeness (QED) is 0.633.